The minimum absolute atomic E-state index is 0.0612. The quantitative estimate of drug-likeness (QED) is 0.405. The first kappa shape index (κ1) is 12.8. The van der Waals surface area contributed by atoms with Crippen molar-refractivity contribution in [1.82, 2.24) is 4.98 Å². The molecule has 0 fully saturated rings. The molecule has 17 heavy (non-hydrogen) atoms. The van der Waals surface area contributed by atoms with Gasteiger partial charge in [0.15, 0.2) is 0 Å². The summed E-state index contributed by atoms with van der Waals surface area (Å²) < 4.78 is 4.77. The highest BCUT2D eigenvalue weighted by molar-refractivity contribution is 5.67. The molecule has 0 saturated heterocycles. The molecular weight excluding hydrogens is 230 g/mol. The van der Waals surface area contributed by atoms with Gasteiger partial charge in [-0.2, -0.15) is 0 Å². The van der Waals surface area contributed by atoms with E-state index in [1.165, 1.54) is 18.3 Å². The summed E-state index contributed by atoms with van der Waals surface area (Å²) in [4.78, 5) is 23.9. The maximum atomic E-state index is 10.5. The van der Waals surface area contributed by atoms with Crippen LogP contribution in [-0.2, 0) is 9.53 Å². The molecule has 0 bridgehead atoms. The van der Waals surface area contributed by atoms with Crippen LogP contribution in [0.1, 0.15) is 0 Å². The van der Waals surface area contributed by atoms with Crippen molar-refractivity contribution in [2.24, 2.45) is 0 Å². The normalized spacial score (nSPS) is 9.88. The van der Waals surface area contributed by atoms with Crippen molar-refractivity contribution < 1.29 is 19.6 Å². The fourth-order valence-corrected chi connectivity index (χ4v) is 1.04. The zero-order valence-electron chi connectivity index (χ0n) is 8.83. The molecule has 0 aromatic carbocycles. The summed E-state index contributed by atoms with van der Waals surface area (Å²) in [5.74, 6) is -0.698. The number of aromatic nitrogens is 1. The number of carboxylic acids is 1. The average Bonchev–Trinajstić information content (AvgIpc) is 2.28. The van der Waals surface area contributed by atoms with Crippen LogP contribution in [0.2, 0.25) is 0 Å². The fourth-order valence-electron chi connectivity index (χ4n) is 1.04. The molecular formula is C9H11N3O5. The molecule has 0 aliphatic rings. The van der Waals surface area contributed by atoms with E-state index in [2.05, 4.69) is 10.3 Å². The lowest BCUT2D eigenvalue weighted by molar-refractivity contribution is -0.384. The number of hydrogen-bond acceptors (Lipinski definition) is 6. The van der Waals surface area contributed by atoms with Crippen molar-refractivity contribution in [3.05, 3.63) is 28.4 Å². The van der Waals surface area contributed by atoms with Crippen LogP contribution in [0.15, 0.2) is 18.3 Å². The monoisotopic (exact) mass is 241 g/mol. The van der Waals surface area contributed by atoms with Gasteiger partial charge in [-0.05, 0) is 0 Å². The Balaban J connectivity index is 2.34. The molecule has 0 atom stereocenters. The number of ether oxygens (including phenoxy) is 1. The molecule has 0 unspecified atom stereocenters. The number of rotatable bonds is 7. The second-order valence-corrected chi connectivity index (χ2v) is 3.03. The predicted octanol–water partition coefficient (Wildman–Crippen LogP) is 0.503. The van der Waals surface area contributed by atoms with Crippen molar-refractivity contribution in [2.45, 2.75) is 0 Å². The highest BCUT2D eigenvalue weighted by Gasteiger charge is 2.05. The predicted molar refractivity (Wildman–Crippen MR) is 57.8 cm³/mol. The van der Waals surface area contributed by atoms with Gasteiger partial charge in [-0.15, -0.1) is 0 Å². The van der Waals surface area contributed by atoms with Gasteiger partial charge in [-0.3, -0.25) is 10.1 Å². The highest BCUT2D eigenvalue weighted by atomic mass is 16.6. The lowest BCUT2D eigenvalue weighted by Gasteiger charge is -2.04. The molecule has 0 aliphatic heterocycles. The van der Waals surface area contributed by atoms with E-state index in [9.17, 15) is 14.9 Å². The number of pyridine rings is 1. The van der Waals surface area contributed by atoms with Gasteiger partial charge < -0.3 is 15.2 Å². The van der Waals surface area contributed by atoms with E-state index < -0.39 is 10.9 Å². The standard InChI is InChI=1S/C9H11N3O5/c13-9(14)6-17-4-3-11-8-5-7(12(15)16)1-2-10-8/h1-2,5H,3-4,6H2,(H,10,11)(H,13,14). The second-order valence-electron chi connectivity index (χ2n) is 3.03. The lowest BCUT2D eigenvalue weighted by Crippen LogP contribution is -2.14. The van der Waals surface area contributed by atoms with E-state index >= 15 is 0 Å². The maximum Gasteiger partial charge on any atom is 0.329 e. The van der Waals surface area contributed by atoms with E-state index in [1.54, 1.807) is 0 Å². The molecule has 1 rings (SSSR count). The molecule has 8 nitrogen and oxygen atoms in total. The number of carbonyl (C=O) groups is 1. The minimum Gasteiger partial charge on any atom is -0.480 e. The van der Waals surface area contributed by atoms with Gasteiger partial charge in [0.1, 0.15) is 12.4 Å². The van der Waals surface area contributed by atoms with Gasteiger partial charge in [0, 0.05) is 18.8 Å². The Morgan fingerprint density at radius 2 is 2.41 bits per heavy atom. The summed E-state index contributed by atoms with van der Waals surface area (Å²) in [6, 6.07) is 2.57. The molecule has 0 saturated carbocycles. The van der Waals surface area contributed by atoms with E-state index in [4.69, 9.17) is 9.84 Å². The van der Waals surface area contributed by atoms with Crippen molar-refractivity contribution in [3.63, 3.8) is 0 Å². The molecule has 0 spiro atoms. The summed E-state index contributed by atoms with van der Waals surface area (Å²) in [5.41, 5.74) is -0.0612. The molecule has 0 aliphatic carbocycles. The van der Waals surface area contributed by atoms with E-state index in [0.29, 0.717) is 12.4 Å². The Morgan fingerprint density at radius 3 is 3.06 bits per heavy atom. The zero-order valence-corrected chi connectivity index (χ0v) is 8.83. The Kier molecular flexibility index (Phi) is 4.82. The van der Waals surface area contributed by atoms with Gasteiger partial charge in [-0.1, -0.05) is 0 Å². The number of hydrogen-bond donors (Lipinski definition) is 2. The lowest BCUT2D eigenvalue weighted by atomic mass is 10.4. The molecule has 1 heterocycles. The molecule has 8 heteroatoms. The van der Waals surface area contributed by atoms with E-state index in [1.807, 2.05) is 0 Å². The first-order valence-corrected chi connectivity index (χ1v) is 4.73. The Bertz CT molecular complexity index is 409. The van der Waals surface area contributed by atoms with Gasteiger partial charge in [0.2, 0.25) is 0 Å². The number of anilines is 1. The van der Waals surface area contributed by atoms with E-state index in [-0.39, 0.29) is 18.9 Å². The summed E-state index contributed by atoms with van der Waals surface area (Å²) in [6.07, 6.45) is 1.32. The zero-order chi connectivity index (χ0) is 12.7. The van der Waals surface area contributed by atoms with Crippen LogP contribution in [0.3, 0.4) is 0 Å². The topological polar surface area (TPSA) is 115 Å². The SMILES string of the molecule is O=C(O)COCCNc1cc([N+](=O)[O-])ccn1. The van der Waals surface area contributed by atoms with Crippen molar-refractivity contribution >= 4 is 17.5 Å². The number of aliphatic carboxylic acids is 1. The average molecular weight is 241 g/mol. The first-order chi connectivity index (χ1) is 8.09. The number of nitrogens with one attached hydrogen (secondary N) is 1. The van der Waals surface area contributed by atoms with Crippen molar-refractivity contribution in [1.29, 1.82) is 0 Å². The Labute approximate surface area is 96.4 Å². The van der Waals surface area contributed by atoms with E-state index in [0.717, 1.165) is 0 Å². The molecule has 1 aromatic rings. The molecule has 2 N–H and O–H groups in total. The van der Waals surface area contributed by atoms with Gasteiger partial charge in [0.05, 0.1) is 17.6 Å². The minimum atomic E-state index is -1.04. The van der Waals surface area contributed by atoms with Crippen LogP contribution in [0.25, 0.3) is 0 Å². The van der Waals surface area contributed by atoms with Crippen LogP contribution >= 0.6 is 0 Å². The smallest absolute Gasteiger partial charge is 0.329 e. The van der Waals surface area contributed by atoms with Crippen molar-refractivity contribution in [3.8, 4) is 0 Å². The van der Waals surface area contributed by atoms with Crippen LogP contribution in [0, 0.1) is 10.1 Å². The van der Waals surface area contributed by atoms with Crippen LogP contribution < -0.4 is 5.32 Å². The number of carboxylic acid groups (broad SMARTS) is 1. The molecule has 1 aromatic heterocycles. The van der Waals surface area contributed by atoms with Crippen LogP contribution in [-0.4, -0.2) is 40.7 Å². The number of nitro groups is 1. The summed E-state index contributed by atoms with van der Waals surface area (Å²) in [5, 5.41) is 21.5. The summed E-state index contributed by atoms with van der Waals surface area (Å²) >= 11 is 0. The largest absolute Gasteiger partial charge is 0.480 e. The highest BCUT2D eigenvalue weighted by Crippen LogP contribution is 2.13. The fraction of sp³-hybridized carbons (Fsp3) is 0.333. The first-order valence-electron chi connectivity index (χ1n) is 4.73. The van der Waals surface area contributed by atoms with Crippen LogP contribution in [0.5, 0.6) is 0 Å². The summed E-state index contributed by atoms with van der Waals surface area (Å²) in [7, 11) is 0. The second kappa shape index (κ2) is 6.38. The maximum absolute atomic E-state index is 10.5. The van der Waals surface area contributed by atoms with Gasteiger partial charge in [-0.25, -0.2) is 9.78 Å². The van der Waals surface area contributed by atoms with Crippen molar-refractivity contribution in [2.75, 3.05) is 25.1 Å². The third-order valence-electron chi connectivity index (χ3n) is 1.73. The third kappa shape index (κ3) is 4.89. The Hall–Kier alpha value is -2.22. The molecule has 92 valence electrons. The summed E-state index contributed by atoms with van der Waals surface area (Å²) in [6.45, 7) is 0.127. The molecule has 0 radical (unpaired) electrons. The third-order valence-corrected chi connectivity index (χ3v) is 1.73. The Morgan fingerprint density at radius 1 is 1.65 bits per heavy atom. The van der Waals surface area contributed by atoms with Gasteiger partial charge >= 0.3 is 5.97 Å². The molecule has 0 amide bonds. The van der Waals surface area contributed by atoms with Crippen LogP contribution in [0.4, 0.5) is 11.5 Å². The number of nitrogens with zero attached hydrogens (tertiary/aromatic N) is 2. The van der Waals surface area contributed by atoms with Gasteiger partial charge in [0.25, 0.3) is 5.69 Å².